The fourth-order valence-electron chi connectivity index (χ4n) is 3.22. The third-order valence-electron chi connectivity index (χ3n) is 4.65. The van der Waals surface area contributed by atoms with Crippen LogP contribution in [0.15, 0.2) is 42.5 Å². The first-order chi connectivity index (χ1) is 10.1. The first kappa shape index (κ1) is 15.7. The predicted octanol–water partition coefficient (Wildman–Crippen LogP) is 5.36. The monoisotopic (exact) mass is 498 g/mol. The minimum absolute atomic E-state index is 0.663. The molecular weight excluding hydrogens is 480 g/mol. The molecule has 0 spiro atoms. The molecule has 0 aromatic heterocycles. The fraction of sp³-hybridized carbons (Fsp3) is 0.333. The van der Waals surface area contributed by atoms with Gasteiger partial charge in [0.15, 0.2) is 0 Å². The molecule has 1 aliphatic rings. The fourth-order valence-corrected chi connectivity index (χ4v) is 5.96. The predicted molar refractivity (Wildman–Crippen MR) is 78.1 cm³/mol. The molecule has 0 heterocycles. The van der Waals surface area contributed by atoms with Crippen LogP contribution in [-0.4, -0.2) is 0 Å². The maximum atomic E-state index is 13.3. The number of benzene rings is 2. The van der Waals surface area contributed by atoms with Gasteiger partial charge < -0.3 is 0 Å². The second kappa shape index (κ2) is 6.90. The Labute approximate surface area is 153 Å². The van der Waals surface area contributed by atoms with Gasteiger partial charge in [-0.3, -0.25) is 0 Å². The van der Waals surface area contributed by atoms with Gasteiger partial charge >= 0.3 is 151 Å². The van der Waals surface area contributed by atoms with Crippen molar-refractivity contribution in [3.05, 3.63) is 59.7 Å². The van der Waals surface area contributed by atoms with Gasteiger partial charge in [0, 0.05) is 0 Å². The van der Waals surface area contributed by atoms with E-state index in [0.717, 1.165) is 12.1 Å². The summed E-state index contributed by atoms with van der Waals surface area (Å²) >= 11 is 0.663. The molecular formula is C18H18F2Ra. The van der Waals surface area contributed by atoms with Gasteiger partial charge in [-0.25, -0.2) is 4.39 Å². The van der Waals surface area contributed by atoms with Crippen molar-refractivity contribution in [2.75, 3.05) is 0 Å². The molecule has 0 atom stereocenters. The van der Waals surface area contributed by atoms with Crippen LogP contribution in [0.3, 0.4) is 0 Å². The molecule has 0 N–H and O–H groups in total. The van der Waals surface area contributed by atoms with Gasteiger partial charge in [-0.2, -0.15) is 0 Å². The summed E-state index contributed by atoms with van der Waals surface area (Å²) in [6.07, 6.45) is 5.43. The number of hydrogen-bond donors (Lipinski definition) is 0. The van der Waals surface area contributed by atoms with Crippen LogP contribution in [0, 0.1) is 54.4 Å². The van der Waals surface area contributed by atoms with Crippen molar-refractivity contribution in [2.24, 2.45) is 0 Å². The van der Waals surface area contributed by atoms with Crippen LogP contribution < -0.4 is 0 Å². The van der Waals surface area contributed by atoms with Crippen LogP contribution in [-0.2, 0) is 0 Å². The molecule has 3 rings (SSSR count). The van der Waals surface area contributed by atoms with E-state index in [4.69, 9.17) is 0 Å². The standard InChI is InChI=1S/C18H17F2.Ra.H/c19-17-11-10-16(12-18(17)20)15-8-6-14(7-9-15)13-4-2-1-3-5-13;;/h1,6-13H,2-5H2;;. The van der Waals surface area contributed by atoms with Crippen molar-refractivity contribution in [1.29, 1.82) is 0 Å². The van der Waals surface area contributed by atoms with Gasteiger partial charge in [0.05, 0.1) is 0 Å². The Morgan fingerprint density at radius 1 is 0.762 bits per heavy atom. The third kappa shape index (κ3) is 3.75. The van der Waals surface area contributed by atoms with Gasteiger partial charge in [0.25, 0.3) is 0 Å². The Hall–Kier alpha value is -0.232. The molecule has 0 radical (unpaired) electrons. The average Bonchev–Trinajstić information content (AvgIpc) is 2.51. The van der Waals surface area contributed by atoms with Crippen LogP contribution in [0.1, 0.15) is 37.2 Å². The Morgan fingerprint density at radius 2 is 1.38 bits per heavy atom. The van der Waals surface area contributed by atoms with Crippen molar-refractivity contribution in [3.63, 3.8) is 0 Å². The van der Waals surface area contributed by atoms with E-state index < -0.39 is 11.6 Å². The van der Waals surface area contributed by atoms with E-state index in [1.807, 2.05) is 12.1 Å². The maximum absolute atomic E-state index is 13.3. The minimum atomic E-state index is -0.794. The quantitative estimate of drug-likeness (QED) is 0.523. The molecule has 1 fully saturated rings. The average molecular weight is 498 g/mol. The van der Waals surface area contributed by atoms with E-state index in [1.165, 1.54) is 43.4 Å². The zero-order valence-corrected chi connectivity index (χ0v) is 20.5. The van der Waals surface area contributed by atoms with E-state index in [9.17, 15) is 8.78 Å². The summed E-state index contributed by atoms with van der Waals surface area (Å²) < 4.78 is 27.4. The zero-order chi connectivity index (χ0) is 14.8. The van der Waals surface area contributed by atoms with Gasteiger partial charge in [0.2, 0.25) is 0 Å². The molecule has 21 heavy (non-hydrogen) atoms. The number of hydrogen-bond acceptors (Lipinski definition) is 0. The van der Waals surface area contributed by atoms with Crippen LogP contribution >= 0.6 is 0 Å². The van der Waals surface area contributed by atoms with Crippen LogP contribution in [0.5, 0.6) is 0 Å². The second-order valence-electron chi connectivity index (χ2n) is 6.21. The van der Waals surface area contributed by atoms with Crippen molar-refractivity contribution in [1.82, 2.24) is 0 Å². The van der Waals surface area contributed by atoms with Gasteiger partial charge in [-0.1, -0.05) is 0 Å². The summed E-state index contributed by atoms with van der Waals surface area (Å²) in [5, 5.41) is 0. The summed E-state index contributed by atoms with van der Waals surface area (Å²) in [5.41, 5.74) is 3.07. The molecule has 0 aliphatic heterocycles. The molecule has 2 aromatic carbocycles. The number of rotatable bonds is 2. The van der Waals surface area contributed by atoms with E-state index in [-0.39, 0.29) is 0 Å². The molecule has 0 unspecified atom stereocenters. The molecule has 0 amide bonds. The number of halogens is 2. The van der Waals surface area contributed by atoms with Crippen molar-refractivity contribution in [3.8, 4) is 11.1 Å². The van der Waals surface area contributed by atoms with Crippen molar-refractivity contribution in [2.45, 2.75) is 32.6 Å². The Morgan fingerprint density at radius 3 is 2.00 bits per heavy atom. The van der Waals surface area contributed by atoms with E-state index in [2.05, 4.69) is 12.1 Å². The zero-order valence-electron chi connectivity index (χ0n) is 12.3. The molecule has 0 nitrogen and oxygen atoms in total. The second-order valence-corrected chi connectivity index (χ2v) is 12.9. The van der Waals surface area contributed by atoms with Crippen molar-refractivity contribution >= 4 is 0 Å². The summed E-state index contributed by atoms with van der Waals surface area (Å²) in [6.45, 7) is 0. The third-order valence-corrected chi connectivity index (χ3v) is 9.40. The first-order valence-corrected chi connectivity index (χ1v) is 12.4. The van der Waals surface area contributed by atoms with E-state index >= 15 is 0 Å². The summed E-state index contributed by atoms with van der Waals surface area (Å²) in [5.74, 6) is -0.892. The molecule has 1 saturated carbocycles. The molecule has 106 valence electrons. The van der Waals surface area contributed by atoms with Gasteiger partial charge in [0.1, 0.15) is 0 Å². The summed E-state index contributed by atoms with van der Waals surface area (Å²) in [7, 11) is 0. The van der Waals surface area contributed by atoms with Crippen molar-refractivity contribution < 1.29 is 51.6 Å². The summed E-state index contributed by atoms with van der Waals surface area (Å²) in [6, 6.07) is 12.4. The van der Waals surface area contributed by atoms with Gasteiger partial charge in [-0.15, -0.1) is 0 Å². The van der Waals surface area contributed by atoms with Crippen LogP contribution in [0.2, 0.25) is 0.959 Å². The molecule has 0 saturated heterocycles. The topological polar surface area (TPSA) is 0 Å². The van der Waals surface area contributed by atoms with Crippen LogP contribution in [0.4, 0.5) is 8.78 Å². The summed E-state index contributed by atoms with van der Waals surface area (Å²) in [4.78, 5) is 0. The molecule has 0 bridgehead atoms. The molecule has 1 aliphatic carbocycles. The SMILES string of the molecule is Fc1ccc(-c2ccc(C3CC[CH]([RaH])CC3)cc2)cc1F. The molecule has 2 aromatic rings. The Kier molecular flexibility index (Phi) is 5.14. The first-order valence-electron chi connectivity index (χ1n) is 7.69. The van der Waals surface area contributed by atoms with Crippen LogP contribution in [0.25, 0.3) is 11.1 Å². The normalized spacial score (nSPS) is 22.1. The van der Waals surface area contributed by atoms with E-state index in [0.29, 0.717) is 48.7 Å². The van der Waals surface area contributed by atoms with E-state index in [1.54, 1.807) is 6.07 Å². The Balaban J connectivity index is 1.79. The van der Waals surface area contributed by atoms with Gasteiger partial charge in [-0.05, 0) is 0 Å². The Bertz CT molecular complexity index is 614. The molecule has 3 heteroatoms.